The lowest BCUT2D eigenvalue weighted by molar-refractivity contribution is 0.379. The standard InChI is InChI=1S/C12H19N3O/c1-9(2)6-7-11(15-13)10-5-4-8-14-12(10)16-3/h4-5,8,11,15H,1,6-7,13H2,2-3H3. The maximum absolute atomic E-state index is 5.55. The molecule has 0 saturated carbocycles. The Morgan fingerprint density at radius 1 is 1.69 bits per heavy atom. The fourth-order valence-electron chi connectivity index (χ4n) is 1.56. The van der Waals surface area contributed by atoms with Gasteiger partial charge < -0.3 is 4.74 Å². The first-order chi connectivity index (χ1) is 7.69. The fourth-order valence-corrected chi connectivity index (χ4v) is 1.56. The van der Waals surface area contributed by atoms with Crippen LogP contribution < -0.4 is 16.0 Å². The van der Waals surface area contributed by atoms with Gasteiger partial charge in [0.05, 0.1) is 13.2 Å². The summed E-state index contributed by atoms with van der Waals surface area (Å²) in [6.45, 7) is 5.89. The fraction of sp³-hybridized carbons (Fsp3) is 0.417. The van der Waals surface area contributed by atoms with Gasteiger partial charge in [0.2, 0.25) is 5.88 Å². The van der Waals surface area contributed by atoms with E-state index in [-0.39, 0.29) is 6.04 Å². The molecule has 88 valence electrons. The van der Waals surface area contributed by atoms with Crippen LogP contribution in [0.4, 0.5) is 0 Å². The molecule has 0 saturated heterocycles. The zero-order valence-corrected chi connectivity index (χ0v) is 9.86. The van der Waals surface area contributed by atoms with E-state index in [1.165, 1.54) is 0 Å². The SMILES string of the molecule is C=C(C)CCC(NN)c1cccnc1OC. The third kappa shape index (κ3) is 3.32. The molecule has 0 bridgehead atoms. The Kier molecular flexibility index (Phi) is 4.95. The van der Waals surface area contributed by atoms with Crippen LogP contribution in [0.25, 0.3) is 0 Å². The van der Waals surface area contributed by atoms with E-state index in [2.05, 4.69) is 17.0 Å². The van der Waals surface area contributed by atoms with Crippen molar-refractivity contribution in [3.05, 3.63) is 36.0 Å². The average molecular weight is 221 g/mol. The first kappa shape index (κ1) is 12.7. The number of pyridine rings is 1. The van der Waals surface area contributed by atoms with Crippen molar-refractivity contribution in [3.63, 3.8) is 0 Å². The van der Waals surface area contributed by atoms with Crippen molar-refractivity contribution in [1.29, 1.82) is 0 Å². The Hall–Kier alpha value is -1.39. The second kappa shape index (κ2) is 6.25. The monoisotopic (exact) mass is 221 g/mol. The van der Waals surface area contributed by atoms with Gasteiger partial charge in [-0.1, -0.05) is 11.6 Å². The van der Waals surface area contributed by atoms with E-state index in [1.807, 2.05) is 19.1 Å². The molecule has 4 heteroatoms. The number of aromatic nitrogens is 1. The van der Waals surface area contributed by atoms with Gasteiger partial charge in [0.25, 0.3) is 0 Å². The number of hydrazine groups is 1. The molecule has 1 atom stereocenters. The molecule has 16 heavy (non-hydrogen) atoms. The molecule has 4 nitrogen and oxygen atoms in total. The second-order valence-electron chi connectivity index (χ2n) is 3.82. The van der Waals surface area contributed by atoms with Crippen molar-refractivity contribution < 1.29 is 4.74 Å². The zero-order valence-electron chi connectivity index (χ0n) is 9.86. The summed E-state index contributed by atoms with van der Waals surface area (Å²) in [4.78, 5) is 4.15. The third-order valence-electron chi connectivity index (χ3n) is 2.43. The highest BCUT2D eigenvalue weighted by molar-refractivity contribution is 5.28. The van der Waals surface area contributed by atoms with Gasteiger partial charge in [0.1, 0.15) is 0 Å². The van der Waals surface area contributed by atoms with Crippen molar-refractivity contribution in [1.82, 2.24) is 10.4 Å². The van der Waals surface area contributed by atoms with Crippen LogP contribution in [0.1, 0.15) is 31.4 Å². The first-order valence-electron chi connectivity index (χ1n) is 5.28. The lowest BCUT2D eigenvalue weighted by atomic mass is 10.0. The highest BCUT2D eigenvalue weighted by Gasteiger charge is 2.14. The molecular formula is C12H19N3O. The van der Waals surface area contributed by atoms with Gasteiger partial charge in [-0.15, -0.1) is 6.58 Å². The largest absolute Gasteiger partial charge is 0.481 e. The number of ether oxygens (including phenoxy) is 1. The normalized spacial score (nSPS) is 12.2. The number of rotatable bonds is 6. The lowest BCUT2D eigenvalue weighted by Crippen LogP contribution is -2.28. The van der Waals surface area contributed by atoms with E-state index >= 15 is 0 Å². The average Bonchev–Trinajstić information content (AvgIpc) is 2.30. The van der Waals surface area contributed by atoms with Gasteiger partial charge in [0, 0.05) is 11.8 Å². The molecule has 0 aliphatic rings. The number of allylic oxidation sites excluding steroid dienone is 1. The zero-order chi connectivity index (χ0) is 12.0. The predicted octanol–water partition coefficient (Wildman–Crippen LogP) is 1.95. The summed E-state index contributed by atoms with van der Waals surface area (Å²) >= 11 is 0. The molecular weight excluding hydrogens is 202 g/mol. The molecule has 1 aromatic heterocycles. The summed E-state index contributed by atoms with van der Waals surface area (Å²) in [6.07, 6.45) is 3.51. The van der Waals surface area contributed by atoms with Crippen LogP contribution in [0.3, 0.4) is 0 Å². The molecule has 1 aromatic rings. The molecule has 0 radical (unpaired) electrons. The van der Waals surface area contributed by atoms with Gasteiger partial charge in [-0.25, -0.2) is 4.98 Å². The van der Waals surface area contributed by atoms with E-state index in [0.717, 1.165) is 24.0 Å². The van der Waals surface area contributed by atoms with Gasteiger partial charge in [-0.05, 0) is 25.8 Å². The third-order valence-corrected chi connectivity index (χ3v) is 2.43. The van der Waals surface area contributed by atoms with Crippen molar-refractivity contribution >= 4 is 0 Å². The molecule has 0 aromatic carbocycles. The van der Waals surface area contributed by atoms with Crippen molar-refractivity contribution in [2.45, 2.75) is 25.8 Å². The maximum Gasteiger partial charge on any atom is 0.217 e. The minimum atomic E-state index is 0.0420. The molecule has 3 N–H and O–H groups in total. The van der Waals surface area contributed by atoms with Crippen molar-refractivity contribution in [2.24, 2.45) is 5.84 Å². The number of nitrogens with two attached hydrogens (primary N) is 1. The molecule has 1 heterocycles. The summed E-state index contributed by atoms with van der Waals surface area (Å²) < 4.78 is 5.21. The van der Waals surface area contributed by atoms with Gasteiger partial charge >= 0.3 is 0 Å². The minimum absolute atomic E-state index is 0.0420. The van der Waals surface area contributed by atoms with E-state index in [0.29, 0.717) is 5.88 Å². The van der Waals surface area contributed by atoms with Crippen LogP contribution in [-0.4, -0.2) is 12.1 Å². The smallest absolute Gasteiger partial charge is 0.217 e. The molecule has 1 rings (SSSR count). The summed E-state index contributed by atoms with van der Waals surface area (Å²) in [5, 5.41) is 0. The summed E-state index contributed by atoms with van der Waals surface area (Å²) in [5.74, 6) is 6.17. The maximum atomic E-state index is 5.55. The molecule has 0 fully saturated rings. The minimum Gasteiger partial charge on any atom is -0.481 e. The Morgan fingerprint density at radius 3 is 3.00 bits per heavy atom. The molecule has 0 aliphatic heterocycles. The van der Waals surface area contributed by atoms with E-state index in [4.69, 9.17) is 10.6 Å². The Bertz CT molecular complexity index is 352. The van der Waals surface area contributed by atoms with Gasteiger partial charge in [-0.3, -0.25) is 11.3 Å². The van der Waals surface area contributed by atoms with Crippen LogP contribution in [0, 0.1) is 0 Å². The number of nitrogens with zero attached hydrogens (tertiary/aromatic N) is 1. The summed E-state index contributed by atoms with van der Waals surface area (Å²) in [6, 6.07) is 3.89. The lowest BCUT2D eigenvalue weighted by Gasteiger charge is -2.18. The van der Waals surface area contributed by atoms with Gasteiger partial charge in [-0.2, -0.15) is 0 Å². The Balaban J connectivity index is 2.81. The quantitative estimate of drug-likeness (QED) is 0.438. The van der Waals surface area contributed by atoms with E-state index in [9.17, 15) is 0 Å². The number of hydrogen-bond acceptors (Lipinski definition) is 4. The topological polar surface area (TPSA) is 60.2 Å². The molecule has 0 amide bonds. The highest BCUT2D eigenvalue weighted by atomic mass is 16.5. The second-order valence-corrected chi connectivity index (χ2v) is 3.82. The first-order valence-corrected chi connectivity index (χ1v) is 5.28. The summed E-state index contributed by atoms with van der Waals surface area (Å²) in [7, 11) is 1.61. The van der Waals surface area contributed by atoms with E-state index < -0.39 is 0 Å². The molecule has 0 aliphatic carbocycles. The van der Waals surface area contributed by atoms with Gasteiger partial charge in [0.15, 0.2) is 0 Å². The van der Waals surface area contributed by atoms with Crippen LogP contribution >= 0.6 is 0 Å². The Labute approximate surface area is 96.5 Å². The molecule has 0 spiro atoms. The predicted molar refractivity (Wildman–Crippen MR) is 64.9 cm³/mol. The summed E-state index contributed by atoms with van der Waals surface area (Å²) in [5.41, 5.74) is 4.91. The van der Waals surface area contributed by atoms with Crippen molar-refractivity contribution in [2.75, 3.05) is 7.11 Å². The Morgan fingerprint density at radius 2 is 2.44 bits per heavy atom. The van der Waals surface area contributed by atoms with Crippen molar-refractivity contribution in [3.8, 4) is 5.88 Å². The van der Waals surface area contributed by atoms with E-state index in [1.54, 1.807) is 13.3 Å². The number of hydrogen-bond donors (Lipinski definition) is 2. The van der Waals surface area contributed by atoms with Crippen LogP contribution in [-0.2, 0) is 0 Å². The van der Waals surface area contributed by atoms with Crippen LogP contribution in [0.15, 0.2) is 30.5 Å². The number of methoxy groups -OCH3 is 1. The highest BCUT2D eigenvalue weighted by Crippen LogP contribution is 2.26. The van der Waals surface area contributed by atoms with Crippen LogP contribution in [0.2, 0.25) is 0 Å². The van der Waals surface area contributed by atoms with Crippen LogP contribution in [0.5, 0.6) is 5.88 Å². The molecule has 1 unspecified atom stereocenters. The number of nitrogens with one attached hydrogen (secondary N) is 1.